The zero-order valence-electron chi connectivity index (χ0n) is 14.5. The van der Waals surface area contributed by atoms with E-state index < -0.39 is 0 Å². The van der Waals surface area contributed by atoms with Gasteiger partial charge in [0.05, 0.1) is 25.4 Å². The molecule has 0 unspecified atom stereocenters. The second-order valence-corrected chi connectivity index (χ2v) is 6.03. The number of nitrogens with one attached hydrogen (secondary N) is 1. The van der Waals surface area contributed by atoms with Crippen molar-refractivity contribution in [3.8, 4) is 22.9 Å². The van der Waals surface area contributed by atoms with Gasteiger partial charge in [0.25, 0.3) is 0 Å². The molecule has 26 heavy (non-hydrogen) atoms. The third-order valence-corrected chi connectivity index (χ3v) is 4.56. The molecule has 4 rings (SSSR count). The third-order valence-electron chi connectivity index (χ3n) is 4.56. The Morgan fingerprint density at radius 3 is 2.50 bits per heavy atom. The van der Waals surface area contributed by atoms with E-state index in [0.717, 1.165) is 44.2 Å². The van der Waals surface area contributed by atoms with Gasteiger partial charge < -0.3 is 14.5 Å². The van der Waals surface area contributed by atoms with Crippen LogP contribution in [0.15, 0.2) is 48.7 Å². The number of nitriles is 1. The molecule has 4 aromatic rings. The number of hydrogen-bond donors (Lipinski definition) is 1. The Morgan fingerprint density at radius 2 is 1.81 bits per heavy atom. The molecule has 0 amide bonds. The number of benzene rings is 2. The standard InChI is InChI=1S/C21H17N3O2/c1-25-12-17-19(10-22)23-11-20-21(17)16-9-14(5-8-18(16)24-20)13-3-6-15(26-2)7-4-13/h3-9,11,24H,12H2,1-2H3. The number of hydrogen-bond acceptors (Lipinski definition) is 4. The molecular weight excluding hydrogens is 326 g/mol. The van der Waals surface area contributed by atoms with Gasteiger partial charge in [-0.3, -0.25) is 0 Å². The van der Waals surface area contributed by atoms with Gasteiger partial charge in [0.15, 0.2) is 0 Å². The van der Waals surface area contributed by atoms with Crippen LogP contribution in [0.1, 0.15) is 11.3 Å². The summed E-state index contributed by atoms with van der Waals surface area (Å²) in [7, 11) is 3.28. The maximum absolute atomic E-state index is 9.41. The Kier molecular flexibility index (Phi) is 4.04. The summed E-state index contributed by atoms with van der Waals surface area (Å²) in [5.41, 5.74) is 5.31. The summed E-state index contributed by atoms with van der Waals surface area (Å²) in [5.74, 6) is 0.828. The summed E-state index contributed by atoms with van der Waals surface area (Å²) in [5, 5.41) is 11.5. The SMILES string of the molecule is COCc1c(C#N)ncc2[nH]c3ccc(-c4ccc(OC)cc4)cc3c12. The molecule has 5 nitrogen and oxygen atoms in total. The highest BCUT2D eigenvalue weighted by Crippen LogP contribution is 2.33. The lowest BCUT2D eigenvalue weighted by Gasteiger charge is -2.06. The van der Waals surface area contributed by atoms with Crippen LogP contribution < -0.4 is 4.74 Å². The smallest absolute Gasteiger partial charge is 0.146 e. The van der Waals surface area contributed by atoms with Crippen LogP contribution in [0.3, 0.4) is 0 Å². The Balaban J connectivity index is 1.96. The van der Waals surface area contributed by atoms with Crippen molar-refractivity contribution < 1.29 is 9.47 Å². The predicted molar refractivity (Wildman–Crippen MR) is 101 cm³/mol. The third kappa shape index (κ3) is 2.57. The van der Waals surface area contributed by atoms with Crippen molar-refractivity contribution in [2.45, 2.75) is 6.61 Å². The van der Waals surface area contributed by atoms with E-state index in [-0.39, 0.29) is 0 Å². The minimum absolute atomic E-state index is 0.340. The van der Waals surface area contributed by atoms with Crippen molar-refractivity contribution >= 4 is 21.8 Å². The van der Waals surface area contributed by atoms with E-state index in [0.29, 0.717) is 12.3 Å². The summed E-state index contributed by atoms with van der Waals surface area (Å²) in [6, 6.07) is 16.4. The molecule has 0 atom stereocenters. The highest BCUT2D eigenvalue weighted by molar-refractivity contribution is 6.10. The highest BCUT2D eigenvalue weighted by Gasteiger charge is 2.15. The molecule has 2 aromatic heterocycles. The van der Waals surface area contributed by atoms with Crippen LogP contribution in [0.5, 0.6) is 5.75 Å². The molecule has 0 aliphatic heterocycles. The van der Waals surface area contributed by atoms with Crippen LogP contribution >= 0.6 is 0 Å². The molecular formula is C21H17N3O2. The molecule has 0 bridgehead atoms. The van der Waals surface area contributed by atoms with E-state index in [4.69, 9.17) is 9.47 Å². The van der Waals surface area contributed by atoms with Gasteiger partial charge in [-0.15, -0.1) is 0 Å². The summed E-state index contributed by atoms with van der Waals surface area (Å²) in [4.78, 5) is 7.63. The lowest BCUT2D eigenvalue weighted by molar-refractivity contribution is 0.185. The molecule has 0 aliphatic rings. The molecule has 0 spiro atoms. The topological polar surface area (TPSA) is 70.9 Å². The first-order valence-corrected chi connectivity index (χ1v) is 8.22. The Morgan fingerprint density at radius 1 is 1.04 bits per heavy atom. The van der Waals surface area contributed by atoms with Gasteiger partial charge in [0, 0.05) is 29.0 Å². The van der Waals surface area contributed by atoms with Crippen molar-refractivity contribution in [1.29, 1.82) is 5.26 Å². The molecule has 2 heterocycles. The molecule has 0 aliphatic carbocycles. The average Bonchev–Trinajstić information content (AvgIpc) is 3.06. The van der Waals surface area contributed by atoms with Crippen molar-refractivity contribution in [3.05, 3.63) is 59.9 Å². The van der Waals surface area contributed by atoms with Crippen molar-refractivity contribution in [2.24, 2.45) is 0 Å². The van der Waals surface area contributed by atoms with Crippen molar-refractivity contribution in [3.63, 3.8) is 0 Å². The zero-order valence-corrected chi connectivity index (χ0v) is 14.5. The molecule has 0 radical (unpaired) electrons. The second kappa shape index (κ2) is 6.51. The number of H-pyrrole nitrogens is 1. The van der Waals surface area contributed by atoms with E-state index in [1.54, 1.807) is 20.4 Å². The lowest BCUT2D eigenvalue weighted by Crippen LogP contribution is -1.96. The average molecular weight is 343 g/mol. The largest absolute Gasteiger partial charge is 0.497 e. The van der Waals surface area contributed by atoms with Gasteiger partial charge in [-0.2, -0.15) is 5.26 Å². The maximum Gasteiger partial charge on any atom is 0.146 e. The fraction of sp³-hybridized carbons (Fsp3) is 0.143. The summed E-state index contributed by atoms with van der Waals surface area (Å²) in [6.07, 6.45) is 1.71. The van der Waals surface area contributed by atoms with Gasteiger partial charge >= 0.3 is 0 Å². The molecule has 5 heteroatoms. The summed E-state index contributed by atoms with van der Waals surface area (Å²) >= 11 is 0. The fourth-order valence-corrected chi connectivity index (χ4v) is 3.30. The predicted octanol–water partition coefficient (Wildman–Crippen LogP) is 4.41. The Labute approximate surface area is 150 Å². The molecule has 2 aromatic carbocycles. The monoisotopic (exact) mass is 343 g/mol. The first-order valence-electron chi connectivity index (χ1n) is 8.22. The molecule has 0 fully saturated rings. The van der Waals surface area contributed by atoms with Crippen LogP contribution in [0, 0.1) is 11.3 Å². The molecule has 0 saturated heterocycles. The van der Waals surface area contributed by atoms with Crippen LogP contribution in [0.2, 0.25) is 0 Å². The Hall–Kier alpha value is -3.36. The van der Waals surface area contributed by atoms with E-state index in [9.17, 15) is 5.26 Å². The highest BCUT2D eigenvalue weighted by atomic mass is 16.5. The van der Waals surface area contributed by atoms with Gasteiger partial charge in [-0.05, 0) is 35.4 Å². The number of aromatic amines is 1. The molecule has 0 saturated carbocycles. The van der Waals surface area contributed by atoms with Gasteiger partial charge in [0.1, 0.15) is 17.5 Å². The van der Waals surface area contributed by atoms with Crippen LogP contribution in [-0.4, -0.2) is 24.2 Å². The fourth-order valence-electron chi connectivity index (χ4n) is 3.30. The molecule has 1 N–H and O–H groups in total. The number of aromatic nitrogens is 2. The van der Waals surface area contributed by atoms with Crippen molar-refractivity contribution in [2.75, 3.05) is 14.2 Å². The minimum Gasteiger partial charge on any atom is -0.497 e. The van der Waals surface area contributed by atoms with Gasteiger partial charge in [0.2, 0.25) is 0 Å². The van der Waals surface area contributed by atoms with E-state index in [1.807, 2.05) is 24.3 Å². The summed E-state index contributed by atoms with van der Waals surface area (Å²) < 4.78 is 10.6. The number of pyridine rings is 1. The number of fused-ring (bicyclic) bond motifs is 3. The zero-order chi connectivity index (χ0) is 18.1. The number of methoxy groups -OCH3 is 2. The summed E-state index contributed by atoms with van der Waals surface area (Å²) in [6.45, 7) is 0.340. The first kappa shape index (κ1) is 16.1. The molecule has 128 valence electrons. The van der Waals surface area contributed by atoms with E-state index >= 15 is 0 Å². The lowest BCUT2D eigenvalue weighted by atomic mass is 10.0. The van der Waals surface area contributed by atoms with Crippen molar-refractivity contribution in [1.82, 2.24) is 9.97 Å². The van der Waals surface area contributed by atoms with Gasteiger partial charge in [-0.25, -0.2) is 4.98 Å². The quantitative estimate of drug-likeness (QED) is 0.596. The van der Waals surface area contributed by atoms with Crippen LogP contribution in [0.4, 0.5) is 0 Å². The second-order valence-electron chi connectivity index (χ2n) is 6.03. The van der Waals surface area contributed by atoms with E-state index in [1.165, 1.54) is 0 Å². The normalized spacial score (nSPS) is 11.0. The van der Waals surface area contributed by atoms with Crippen LogP contribution in [-0.2, 0) is 11.3 Å². The number of nitrogens with zero attached hydrogens (tertiary/aromatic N) is 2. The maximum atomic E-state index is 9.41. The van der Waals surface area contributed by atoms with E-state index in [2.05, 4.69) is 34.2 Å². The number of ether oxygens (including phenoxy) is 2. The Bertz CT molecular complexity index is 1140. The van der Waals surface area contributed by atoms with Crippen LogP contribution in [0.25, 0.3) is 32.9 Å². The number of rotatable bonds is 4. The minimum atomic E-state index is 0.340. The van der Waals surface area contributed by atoms with Gasteiger partial charge in [-0.1, -0.05) is 18.2 Å². The first-order chi connectivity index (χ1) is 12.7.